The van der Waals surface area contributed by atoms with Crippen LogP contribution in [0.4, 0.5) is 0 Å². The maximum atomic E-state index is 3.60. The molecule has 0 aromatic heterocycles. The van der Waals surface area contributed by atoms with Crippen LogP contribution in [-0.2, 0) is 0 Å². The normalized spacial score (nSPS) is 43.5. The van der Waals surface area contributed by atoms with Gasteiger partial charge in [-0.1, -0.05) is 12.2 Å². The molecule has 1 heterocycles. The van der Waals surface area contributed by atoms with Crippen molar-refractivity contribution in [2.24, 2.45) is 0 Å². The minimum atomic E-state index is 0.641. The largest absolute Gasteiger partial charge is 0.311 e. The van der Waals surface area contributed by atoms with E-state index in [2.05, 4.69) is 29.7 Å². The standard InChI is InChI=1S/C9H16N2/c1-7-6-10-8-4-2-3-5-9(8)11-7/h2-3,7-11H,4-6H2,1H3. The van der Waals surface area contributed by atoms with Gasteiger partial charge in [0.25, 0.3) is 0 Å². The first-order valence-corrected chi connectivity index (χ1v) is 4.50. The minimum Gasteiger partial charge on any atom is -0.311 e. The Labute approximate surface area is 68.1 Å². The predicted octanol–water partition coefficient (Wildman–Crippen LogP) is 0.655. The highest BCUT2D eigenvalue weighted by molar-refractivity contribution is 5.03. The second-order valence-electron chi connectivity index (χ2n) is 3.63. The van der Waals surface area contributed by atoms with E-state index in [4.69, 9.17) is 0 Å². The van der Waals surface area contributed by atoms with Crippen molar-refractivity contribution in [3.8, 4) is 0 Å². The van der Waals surface area contributed by atoms with Gasteiger partial charge in [-0.25, -0.2) is 0 Å². The molecular formula is C9H16N2. The monoisotopic (exact) mass is 152 g/mol. The van der Waals surface area contributed by atoms with Crippen LogP contribution in [0, 0.1) is 0 Å². The molecule has 1 aliphatic carbocycles. The van der Waals surface area contributed by atoms with Gasteiger partial charge in [-0.2, -0.15) is 0 Å². The van der Waals surface area contributed by atoms with E-state index in [1.54, 1.807) is 0 Å². The third kappa shape index (κ3) is 1.47. The van der Waals surface area contributed by atoms with E-state index < -0.39 is 0 Å². The number of nitrogens with one attached hydrogen (secondary N) is 2. The molecule has 0 spiro atoms. The summed E-state index contributed by atoms with van der Waals surface area (Å²) in [5.41, 5.74) is 0. The van der Waals surface area contributed by atoms with E-state index in [9.17, 15) is 0 Å². The Bertz CT molecular complexity index is 165. The molecule has 2 nitrogen and oxygen atoms in total. The lowest BCUT2D eigenvalue weighted by atomic mass is 9.93. The topological polar surface area (TPSA) is 24.1 Å². The summed E-state index contributed by atoms with van der Waals surface area (Å²) in [6.45, 7) is 3.36. The SMILES string of the molecule is CC1CNC2CC=CCC2N1. The Morgan fingerprint density at radius 2 is 1.91 bits per heavy atom. The van der Waals surface area contributed by atoms with Gasteiger partial charge in [0.1, 0.15) is 0 Å². The quantitative estimate of drug-likeness (QED) is 0.498. The van der Waals surface area contributed by atoms with E-state index in [0.717, 1.165) is 6.54 Å². The van der Waals surface area contributed by atoms with Gasteiger partial charge in [-0.05, 0) is 19.8 Å². The van der Waals surface area contributed by atoms with Gasteiger partial charge in [0.2, 0.25) is 0 Å². The molecule has 0 radical (unpaired) electrons. The zero-order valence-corrected chi connectivity index (χ0v) is 7.01. The second-order valence-corrected chi connectivity index (χ2v) is 3.63. The van der Waals surface area contributed by atoms with Crippen LogP contribution in [0.1, 0.15) is 19.8 Å². The molecule has 0 aromatic rings. The van der Waals surface area contributed by atoms with Crippen molar-refractivity contribution < 1.29 is 0 Å². The lowest BCUT2D eigenvalue weighted by Crippen LogP contribution is -2.60. The zero-order chi connectivity index (χ0) is 7.68. The van der Waals surface area contributed by atoms with Crippen LogP contribution in [0.15, 0.2) is 12.2 Å². The van der Waals surface area contributed by atoms with Gasteiger partial charge >= 0.3 is 0 Å². The summed E-state index contributed by atoms with van der Waals surface area (Å²) in [7, 11) is 0. The van der Waals surface area contributed by atoms with Crippen molar-refractivity contribution in [2.75, 3.05) is 6.54 Å². The van der Waals surface area contributed by atoms with Crippen LogP contribution in [0.25, 0.3) is 0 Å². The molecule has 1 saturated heterocycles. The molecule has 2 rings (SSSR count). The molecule has 2 aliphatic rings. The maximum Gasteiger partial charge on any atom is 0.0261 e. The molecule has 0 aromatic carbocycles. The third-order valence-electron chi connectivity index (χ3n) is 2.62. The Morgan fingerprint density at radius 1 is 1.18 bits per heavy atom. The molecule has 0 saturated carbocycles. The molecule has 2 N–H and O–H groups in total. The Kier molecular flexibility index (Phi) is 1.96. The summed E-state index contributed by atoms with van der Waals surface area (Å²) < 4.78 is 0. The van der Waals surface area contributed by atoms with Gasteiger partial charge in [-0.15, -0.1) is 0 Å². The molecule has 0 bridgehead atoms. The average Bonchev–Trinajstić information content (AvgIpc) is 2.04. The van der Waals surface area contributed by atoms with Crippen molar-refractivity contribution in [1.29, 1.82) is 0 Å². The van der Waals surface area contributed by atoms with E-state index in [1.807, 2.05) is 0 Å². The molecule has 1 aliphatic heterocycles. The van der Waals surface area contributed by atoms with Crippen molar-refractivity contribution in [3.05, 3.63) is 12.2 Å². The van der Waals surface area contributed by atoms with E-state index >= 15 is 0 Å². The first-order valence-electron chi connectivity index (χ1n) is 4.50. The predicted molar refractivity (Wildman–Crippen MR) is 46.6 cm³/mol. The van der Waals surface area contributed by atoms with Crippen LogP contribution in [0.5, 0.6) is 0 Å². The number of fused-ring (bicyclic) bond motifs is 1. The fourth-order valence-electron chi connectivity index (χ4n) is 1.98. The molecular weight excluding hydrogens is 136 g/mol. The van der Waals surface area contributed by atoms with E-state index in [0.29, 0.717) is 18.1 Å². The Morgan fingerprint density at radius 3 is 2.73 bits per heavy atom. The fraction of sp³-hybridized carbons (Fsp3) is 0.778. The minimum absolute atomic E-state index is 0.641. The molecule has 3 atom stereocenters. The van der Waals surface area contributed by atoms with Gasteiger partial charge < -0.3 is 10.6 Å². The Hall–Kier alpha value is -0.340. The van der Waals surface area contributed by atoms with Gasteiger partial charge in [0.05, 0.1) is 0 Å². The lowest BCUT2D eigenvalue weighted by Gasteiger charge is -2.38. The summed E-state index contributed by atoms with van der Waals surface area (Å²) in [6, 6.07) is 2.02. The zero-order valence-electron chi connectivity index (χ0n) is 7.01. The molecule has 11 heavy (non-hydrogen) atoms. The second kappa shape index (κ2) is 2.95. The van der Waals surface area contributed by atoms with Crippen LogP contribution in [0.3, 0.4) is 0 Å². The van der Waals surface area contributed by atoms with Crippen LogP contribution in [-0.4, -0.2) is 24.7 Å². The summed E-state index contributed by atoms with van der Waals surface area (Å²) in [5.74, 6) is 0. The third-order valence-corrected chi connectivity index (χ3v) is 2.62. The molecule has 0 amide bonds. The van der Waals surface area contributed by atoms with Crippen molar-refractivity contribution in [3.63, 3.8) is 0 Å². The first kappa shape index (κ1) is 7.32. The lowest BCUT2D eigenvalue weighted by molar-refractivity contribution is 0.271. The Balaban J connectivity index is 2.00. The fourth-order valence-corrected chi connectivity index (χ4v) is 1.98. The van der Waals surface area contributed by atoms with Crippen LogP contribution in [0.2, 0.25) is 0 Å². The van der Waals surface area contributed by atoms with E-state index in [-0.39, 0.29) is 0 Å². The summed E-state index contributed by atoms with van der Waals surface area (Å²) in [6.07, 6.45) is 6.96. The van der Waals surface area contributed by atoms with E-state index in [1.165, 1.54) is 12.8 Å². The highest BCUT2D eigenvalue weighted by Crippen LogP contribution is 2.15. The van der Waals surface area contributed by atoms with Crippen LogP contribution < -0.4 is 10.6 Å². The molecule has 62 valence electrons. The van der Waals surface area contributed by atoms with Crippen molar-refractivity contribution >= 4 is 0 Å². The molecule has 2 heteroatoms. The summed E-state index contributed by atoms with van der Waals surface area (Å²) in [4.78, 5) is 0. The van der Waals surface area contributed by atoms with Gasteiger partial charge in [-0.3, -0.25) is 0 Å². The number of hydrogen-bond acceptors (Lipinski definition) is 2. The van der Waals surface area contributed by atoms with Crippen molar-refractivity contribution in [2.45, 2.75) is 37.9 Å². The summed E-state index contributed by atoms with van der Waals surface area (Å²) >= 11 is 0. The highest BCUT2D eigenvalue weighted by atomic mass is 15.1. The van der Waals surface area contributed by atoms with Gasteiger partial charge in [0, 0.05) is 24.7 Å². The van der Waals surface area contributed by atoms with Gasteiger partial charge in [0.15, 0.2) is 0 Å². The number of piperazine rings is 1. The smallest absolute Gasteiger partial charge is 0.0261 e. The molecule has 1 fully saturated rings. The average molecular weight is 152 g/mol. The number of hydrogen-bond donors (Lipinski definition) is 2. The maximum absolute atomic E-state index is 3.60. The van der Waals surface area contributed by atoms with Crippen molar-refractivity contribution in [1.82, 2.24) is 10.6 Å². The highest BCUT2D eigenvalue weighted by Gasteiger charge is 2.27. The van der Waals surface area contributed by atoms with Crippen LogP contribution >= 0.6 is 0 Å². The summed E-state index contributed by atoms with van der Waals surface area (Å²) in [5, 5.41) is 7.16. The molecule has 3 unspecified atom stereocenters. The number of rotatable bonds is 0. The first-order chi connectivity index (χ1) is 5.36.